The minimum Gasteiger partial charge on any atom is -0.459 e. The number of rotatable bonds is 4. The number of benzene rings is 1. The number of carbonyl (C=O) groups excluding carboxylic acids is 1. The lowest BCUT2D eigenvalue weighted by molar-refractivity contribution is 0.0714. The van der Waals surface area contributed by atoms with Crippen LogP contribution in [0.25, 0.3) is 0 Å². The van der Waals surface area contributed by atoms with E-state index in [1.165, 1.54) is 11.8 Å². The number of piperazine rings is 1. The topological polar surface area (TPSA) is 74.5 Å². The van der Waals surface area contributed by atoms with Crippen LogP contribution in [0, 0.1) is 6.92 Å². The van der Waals surface area contributed by atoms with Crippen LogP contribution in [0.1, 0.15) is 16.1 Å². The monoisotopic (exact) mass is 363 g/mol. The van der Waals surface area contributed by atoms with Crippen LogP contribution in [0.4, 0.5) is 17.3 Å². The lowest BCUT2D eigenvalue weighted by atomic mass is 10.2. The summed E-state index contributed by atoms with van der Waals surface area (Å²) in [6.07, 6.45) is 3.08. The van der Waals surface area contributed by atoms with Crippen LogP contribution in [0.5, 0.6) is 0 Å². The lowest BCUT2D eigenvalue weighted by Gasteiger charge is -2.35. The van der Waals surface area contributed by atoms with E-state index in [1.807, 2.05) is 23.1 Å². The fourth-order valence-electron chi connectivity index (χ4n) is 3.15. The predicted octanol–water partition coefficient (Wildman–Crippen LogP) is 3.08. The second-order valence-electron chi connectivity index (χ2n) is 6.51. The van der Waals surface area contributed by atoms with Crippen molar-refractivity contribution < 1.29 is 9.21 Å². The lowest BCUT2D eigenvalue weighted by Crippen LogP contribution is -2.49. The molecule has 0 atom stereocenters. The molecule has 4 rings (SSSR count). The van der Waals surface area contributed by atoms with Crippen molar-refractivity contribution in [2.75, 3.05) is 36.4 Å². The van der Waals surface area contributed by atoms with Crippen LogP contribution in [0.15, 0.2) is 59.5 Å². The number of nitrogens with one attached hydrogen (secondary N) is 1. The van der Waals surface area contributed by atoms with E-state index in [9.17, 15) is 4.79 Å². The largest absolute Gasteiger partial charge is 0.459 e. The van der Waals surface area contributed by atoms with E-state index < -0.39 is 0 Å². The number of carbonyl (C=O) groups is 1. The maximum atomic E-state index is 12.4. The Hall–Kier alpha value is -3.35. The SMILES string of the molecule is Cc1cccc(Nc2cc(N3CCN(C(=O)c4ccco4)CC3)ncn2)c1. The molecule has 1 saturated heterocycles. The fourth-order valence-corrected chi connectivity index (χ4v) is 3.15. The van der Waals surface area contributed by atoms with Gasteiger partial charge in [0, 0.05) is 37.9 Å². The van der Waals surface area contributed by atoms with Crippen molar-refractivity contribution in [3.05, 3.63) is 66.4 Å². The Labute approximate surface area is 157 Å². The minimum atomic E-state index is -0.0656. The molecular weight excluding hydrogens is 342 g/mol. The summed E-state index contributed by atoms with van der Waals surface area (Å²) in [5.74, 6) is 1.92. The predicted molar refractivity (Wildman–Crippen MR) is 103 cm³/mol. The number of anilines is 3. The average Bonchev–Trinajstić information content (AvgIpc) is 3.23. The van der Waals surface area contributed by atoms with Gasteiger partial charge >= 0.3 is 0 Å². The van der Waals surface area contributed by atoms with Crippen molar-refractivity contribution >= 4 is 23.2 Å². The molecule has 138 valence electrons. The van der Waals surface area contributed by atoms with Crippen LogP contribution in [0.2, 0.25) is 0 Å². The van der Waals surface area contributed by atoms with Crippen molar-refractivity contribution in [3.8, 4) is 0 Å². The third kappa shape index (κ3) is 3.92. The minimum absolute atomic E-state index is 0.0656. The van der Waals surface area contributed by atoms with Gasteiger partial charge in [-0.3, -0.25) is 4.79 Å². The Morgan fingerprint density at radius 1 is 1.07 bits per heavy atom. The van der Waals surface area contributed by atoms with Gasteiger partial charge in [0.05, 0.1) is 6.26 Å². The van der Waals surface area contributed by atoms with Crippen molar-refractivity contribution in [2.24, 2.45) is 0 Å². The van der Waals surface area contributed by atoms with Crippen LogP contribution >= 0.6 is 0 Å². The van der Waals surface area contributed by atoms with Gasteiger partial charge in [0.1, 0.15) is 18.0 Å². The number of hydrogen-bond donors (Lipinski definition) is 1. The van der Waals surface area contributed by atoms with E-state index in [1.54, 1.807) is 18.5 Å². The van der Waals surface area contributed by atoms with E-state index >= 15 is 0 Å². The summed E-state index contributed by atoms with van der Waals surface area (Å²) in [6.45, 7) is 4.75. The van der Waals surface area contributed by atoms with E-state index in [4.69, 9.17) is 4.42 Å². The quantitative estimate of drug-likeness (QED) is 0.768. The van der Waals surface area contributed by atoms with Gasteiger partial charge in [-0.2, -0.15) is 0 Å². The first-order valence-electron chi connectivity index (χ1n) is 8.92. The zero-order chi connectivity index (χ0) is 18.6. The van der Waals surface area contributed by atoms with Gasteiger partial charge in [-0.25, -0.2) is 9.97 Å². The standard InChI is InChI=1S/C20H21N5O2/c1-15-4-2-5-16(12-15)23-18-13-19(22-14-21-18)24-7-9-25(10-8-24)20(26)17-6-3-11-27-17/h2-6,11-14H,7-10H2,1H3,(H,21,22,23). The molecule has 1 N–H and O–H groups in total. The van der Waals surface area contributed by atoms with Gasteiger partial charge in [-0.1, -0.05) is 12.1 Å². The molecule has 0 spiro atoms. The molecule has 1 amide bonds. The molecule has 27 heavy (non-hydrogen) atoms. The van der Waals surface area contributed by atoms with Crippen LogP contribution < -0.4 is 10.2 Å². The maximum absolute atomic E-state index is 12.4. The van der Waals surface area contributed by atoms with Crippen molar-refractivity contribution in [2.45, 2.75) is 6.92 Å². The first-order chi connectivity index (χ1) is 13.2. The van der Waals surface area contributed by atoms with Gasteiger partial charge in [-0.15, -0.1) is 0 Å². The Morgan fingerprint density at radius 2 is 1.93 bits per heavy atom. The average molecular weight is 363 g/mol. The summed E-state index contributed by atoms with van der Waals surface area (Å²) in [5.41, 5.74) is 2.18. The summed E-state index contributed by atoms with van der Waals surface area (Å²) in [5, 5.41) is 3.32. The molecule has 7 nitrogen and oxygen atoms in total. The smallest absolute Gasteiger partial charge is 0.289 e. The molecule has 3 aromatic rings. The zero-order valence-electron chi connectivity index (χ0n) is 15.1. The van der Waals surface area contributed by atoms with Crippen molar-refractivity contribution in [1.29, 1.82) is 0 Å². The third-order valence-electron chi connectivity index (χ3n) is 4.57. The highest BCUT2D eigenvalue weighted by molar-refractivity contribution is 5.91. The molecule has 1 aromatic carbocycles. The summed E-state index contributed by atoms with van der Waals surface area (Å²) in [7, 11) is 0. The summed E-state index contributed by atoms with van der Waals surface area (Å²) < 4.78 is 5.21. The molecule has 0 aliphatic carbocycles. The van der Waals surface area contributed by atoms with E-state index in [0.29, 0.717) is 31.9 Å². The molecule has 2 aromatic heterocycles. The number of nitrogens with zero attached hydrogens (tertiary/aromatic N) is 4. The highest BCUT2D eigenvalue weighted by Crippen LogP contribution is 2.20. The Morgan fingerprint density at radius 3 is 2.67 bits per heavy atom. The Bertz CT molecular complexity index is 918. The number of furan rings is 1. The van der Waals surface area contributed by atoms with Crippen LogP contribution in [-0.4, -0.2) is 47.0 Å². The van der Waals surface area contributed by atoms with Gasteiger partial charge in [0.15, 0.2) is 5.76 Å². The molecule has 0 saturated carbocycles. The Kier molecular flexibility index (Phi) is 4.74. The van der Waals surface area contributed by atoms with Crippen molar-refractivity contribution in [3.63, 3.8) is 0 Å². The van der Waals surface area contributed by atoms with E-state index in [2.05, 4.69) is 39.2 Å². The van der Waals surface area contributed by atoms with Gasteiger partial charge in [-0.05, 0) is 36.8 Å². The van der Waals surface area contributed by atoms with Crippen LogP contribution in [-0.2, 0) is 0 Å². The number of aromatic nitrogens is 2. The first-order valence-corrected chi connectivity index (χ1v) is 8.92. The summed E-state index contributed by atoms with van der Waals surface area (Å²) in [6, 6.07) is 13.5. The normalized spacial score (nSPS) is 14.3. The number of aryl methyl sites for hydroxylation is 1. The summed E-state index contributed by atoms with van der Waals surface area (Å²) >= 11 is 0. The maximum Gasteiger partial charge on any atom is 0.289 e. The molecule has 1 aliphatic heterocycles. The second-order valence-corrected chi connectivity index (χ2v) is 6.51. The fraction of sp³-hybridized carbons (Fsp3) is 0.250. The second kappa shape index (κ2) is 7.49. The first kappa shape index (κ1) is 17.1. The van der Waals surface area contributed by atoms with E-state index in [0.717, 1.165) is 17.3 Å². The molecule has 3 heterocycles. The zero-order valence-corrected chi connectivity index (χ0v) is 15.1. The molecule has 0 unspecified atom stereocenters. The molecule has 1 aliphatic rings. The number of amides is 1. The van der Waals surface area contributed by atoms with Crippen molar-refractivity contribution in [1.82, 2.24) is 14.9 Å². The third-order valence-corrected chi connectivity index (χ3v) is 4.57. The Balaban J connectivity index is 1.40. The molecule has 0 bridgehead atoms. The number of hydrogen-bond acceptors (Lipinski definition) is 6. The van der Waals surface area contributed by atoms with Gasteiger partial charge < -0.3 is 19.5 Å². The summed E-state index contributed by atoms with van der Waals surface area (Å²) in [4.78, 5) is 25.0. The molecule has 1 fully saturated rings. The molecule has 0 radical (unpaired) electrons. The van der Waals surface area contributed by atoms with Gasteiger partial charge in [0.2, 0.25) is 0 Å². The highest BCUT2D eigenvalue weighted by atomic mass is 16.3. The molecule has 7 heteroatoms. The van der Waals surface area contributed by atoms with Gasteiger partial charge in [0.25, 0.3) is 5.91 Å². The highest BCUT2D eigenvalue weighted by Gasteiger charge is 2.24. The molecular formula is C20H21N5O2. The van der Waals surface area contributed by atoms with Crippen LogP contribution in [0.3, 0.4) is 0 Å². The van der Waals surface area contributed by atoms with E-state index in [-0.39, 0.29) is 5.91 Å².